The molecule has 1 aliphatic heterocycles. The molecule has 1 aliphatic carbocycles. The van der Waals surface area contributed by atoms with E-state index >= 15 is 0 Å². The standard InChI is InChI=1S/C27H28N2O7/c1-5-36-27(31)24-15(2)28-20-12-18(17-8-11-22(34-3)23(14-17)35-4)13-21(30)26(20)25(24)16-6-9-19(10-7-16)29(32)33/h6-11,14,18,25,28H,5,12-13H2,1-4H3/t18-,25-/m1/s1. The number of nitrogens with zero attached hydrogens (tertiary/aromatic N) is 1. The summed E-state index contributed by atoms with van der Waals surface area (Å²) in [6.07, 6.45) is 0.794. The van der Waals surface area contributed by atoms with Crippen LogP contribution in [0.3, 0.4) is 0 Å². The van der Waals surface area contributed by atoms with Crippen molar-refractivity contribution in [3.63, 3.8) is 0 Å². The lowest BCUT2D eigenvalue weighted by Crippen LogP contribution is -2.36. The largest absolute Gasteiger partial charge is 0.493 e. The van der Waals surface area contributed by atoms with Crippen LogP contribution in [0.25, 0.3) is 0 Å². The fraction of sp³-hybridized carbons (Fsp3) is 0.333. The molecule has 188 valence electrons. The molecule has 4 rings (SSSR count). The molecule has 0 radical (unpaired) electrons. The van der Waals surface area contributed by atoms with Crippen LogP contribution in [0.5, 0.6) is 11.5 Å². The van der Waals surface area contributed by atoms with Gasteiger partial charge in [0.25, 0.3) is 5.69 Å². The Balaban J connectivity index is 1.77. The van der Waals surface area contributed by atoms with E-state index in [1.807, 2.05) is 18.2 Å². The van der Waals surface area contributed by atoms with Crippen molar-refractivity contribution in [3.8, 4) is 11.5 Å². The van der Waals surface area contributed by atoms with Crippen LogP contribution < -0.4 is 14.8 Å². The molecule has 9 heteroatoms. The van der Waals surface area contributed by atoms with Crippen molar-refractivity contribution in [2.75, 3.05) is 20.8 Å². The van der Waals surface area contributed by atoms with E-state index in [9.17, 15) is 19.7 Å². The van der Waals surface area contributed by atoms with Crippen LogP contribution in [0.4, 0.5) is 5.69 Å². The second-order valence-electron chi connectivity index (χ2n) is 8.70. The van der Waals surface area contributed by atoms with Crippen LogP contribution in [0, 0.1) is 10.1 Å². The first kappa shape index (κ1) is 25.0. The van der Waals surface area contributed by atoms with Gasteiger partial charge in [0.1, 0.15) is 0 Å². The van der Waals surface area contributed by atoms with Crippen LogP contribution in [-0.2, 0) is 14.3 Å². The predicted molar refractivity (Wildman–Crippen MR) is 132 cm³/mol. The number of benzene rings is 2. The quantitative estimate of drug-likeness (QED) is 0.340. The number of nitro groups is 1. The highest BCUT2D eigenvalue weighted by Crippen LogP contribution is 2.46. The first-order chi connectivity index (χ1) is 17.3. The van der Waals surface area contributed by atoms with Gasteiger partial charge in [-0.15, -0.1) is 0 Å². The number of methoxy groups -OCH3 is 2. The summed E-state index contributed by atoms with van der Waals surface area (Å²) in [5.74, 6) is -0.204. The van der Waals surface area contributed by atoms with Crippen molar-refractivity contribution < 1.29 is 28.7 Å². The summed E-state index contributed by atoms with van der Waals surface area (Å²) >= 11 is 0. The van der Waals surface area contributed by atoms with Gasteiger partial charge in [0, 0.05) is 41.4 Å². The Kier molecular flexibility index (Phi) is 7.10. The zero-order valence-corrected chi connectivity index (χ0v) is 20.6. The molecule has 0 spiro atoms. The number of ketones is 1. The predicted octanol–water partition coefficient (Wildman–Crippen LogP) is 4.54. The zero-order chi connectivity index (χ0) is 26.0. The fourth-order valence-electron chi connectivity index (χ4n) is 4.98. The van der Waals surface area contributed by atoms with E-state index in [0.29, 0.717) is 40.3 Å². The van der Waals surface area contributed by atoms with Gasteiger partial charge >= 0.3 is 5.97 Å². The Bertz CT molecular complexity index is 1280. The van der Waals surface area contributed by atoms with Gasteiger partial charge in [0.15, 0.2) is 17.3 Å². The summed E-state index contributed by atoms with van der Waals surface area (Å²) in [6.45, 7) is 3.68. The summed E-state index contributed by atoms with van der Waals surface area (Å²) in [4.78, 5) is 37.3. The van der Waals surface area contributed by atoms with Gasteiger partial charge in [0.05, 0.1) is 31.3 Å². The van der Waals surface area contributed by atoms with Gasteiger partial charge in [-0.1, -0.05) is 18.2 Å². The molecule has 2 aliphatic rings. The number of carbonyl (C=O) groups is 2. The summed E-state index contributed by atoms with van der Waals surface area (Å²) in [5, 5.41) is 14.5. The third-order valence-electron chi connectivity index (χ3n) is 6.64. The third-order valence-corrected chi connectivity index (χ3v) is 6.64. The van der Waals surface area contributed by atoms with E-state index in [1.165, 1.54) is 12.1 Å². The highest BCUT2D eigenvalue weighted by Gasteiger charge is 2.41. The number of nitrogens with one attached hydrogen (secondary N) is 1. The number of ether oxygens (including phenoxy) is 3. The number of allylic oxidation sites excluding steroid dienone is 3. The first-order valence-electron chi connectivity index (χ1n) is 11.7. The average molecular weight is 493 g/mol. The minimum atomic E-state index is -0.681. The van der Waals surface area contributed by atoms with Gasteiger partial charge in [-0.3, -0.25) is 14.9 Å². The van der Waals surface area contributed by atoms with Crippen LogP contribution in [0.2, 0.25) is 0 Å². The molecule has 2 aromatic rings. The number of carbonyl (C=O) groups excluding carboxylic acids is 2. The molecule has 9 nitrogen and oxygen atoms in total. The maximum absolute atomic E-state index is 13.6. The summed E-state index contributed by atoms with van der Waals surface area (Å²) in [5.41, 5.74) is 3.66. The zero-order valence-electron chi connectivity index (χ0n) is 20.6. The first-order valence-corrected chi connectivity index (χ1v) is 11.7. The maximum Gasteiger partial charge on any atom is 0.336 e. The second-order valence-corrected chi connectivity index (χ2v) is 8.70. The number of non-ortho nitro benzene ring substituents is 1. The molecule has 1 heterocycles. The van der Waals surface area contributed by atoms with E-state index in [2.05, 4.69) is 5.32 Å². The van der Waals surface area contributed by atoms with Crippen molar-refractivity contribution in [3.05, 3.63) is 86.2 Å². The Morgan fingerprint density at radius 3 is 2.33 bits per heavy atom. The van der Waals surface area contributed by atoms with Gasteiger partial charge in [-0.25, -0.2) is 4.79 Å². The highest BCUT2D eigenvalue weighted by atomic mass is 16.6. The highest BCUT2D eigenvalue weighted by molar-refractivity contribution is 6.04. The molecule has 0 unspecified atom stereocenters. The molecule has 0 aromatic heterocycles. The molecular formula is C27H28N2O7. The SMILES string of the molecule is CCOC(=O)C1=C(C)NC2=C(C(=O)C[C@H](c3ccc(OC)c(OC)c3)C2)[C@@H]1c1ccc([N+](=O)[O-])cc1. The molecule has 0 amide bonds. The lowest BCUT2D eigenvalue weighted by molar-refractivity contribution is -0.384. The van der Waals surface area contributed by atoms with Gasteiger partial charge in [0.2, 0.25) is 0 Å². The molecule has 0 bridgehead atoms. The number of esters is 1. The third kappa shape index (κ3) is 4.56. The van der Waals surface area contributed by atoms with E-state index in [-0.39, 0.29) is 30.4 Å². The van der Waals surface area contributed by atoms with Crippen molar-refractivity contribution >= 4 is 17.4 Å². The van der Waals surface area contributed by atoms with Crippen molar-refractivity contribution in [2.45, 2.75) is 38.5 Å². The molecule has 2 aromatic carbocycles. The number of hydrogen-bond acceptors (Lipinski definition) is 8. The molecular weight excluding hydrogens is 464 g/mol. The Morgan fingerprint density at radius 2 is 1.72 bits per heavy atom. The van der Waals surface area contributed by atoms with Crippen LogP contribution in [0.1, 0.15) is 49.7 Å². The normalized spacial score (nSPS) is 19.4. The maximum atomic E-state index is 13.6. The number of Topliss-reactive ketones (excluding diaryl/α,β-unsaturated/α-hetero) is 1. The van der Waals surface area contributed by atoms with Gasteiger partial charge in [-0.05, 0) is 49.4 Å². The fourth-order valence-corrected chi connectivity index (χ4v) is 4.98. The molecule has 0 fully saturated rings. The van der Waals surface area contributed by atoms with Crippen molar-refractivity contribution in [1.82, 2.24) is 5.32 Å². The molecule has 2 atom stereocenters. The minimum absolute atomic E-state index is 0.0660. The molecule has 36 heavy (non-hydrogen) atoms. The number of nitro benzene ring substituents is 1. The number of rotatable bonds is 7. The van der Waals surface area contributed by atoms with E-state index in [4.69, 9.17) is 14.2 Å². The summed E-state index contributed by atoms with van der Waals surface area (Å²) in [6, 6.07) is 11.6. The topological polar surface area (TPSA) is 117 Å². The minimum Gasteiger partial charge on any atom is -0.493 e. The Labute approximate surface area is 208 Å². The smallest absolute Gasteiger partial charge is 0.336 e. The Morgan fingerprint density at radius 1 is 1.06 bits per heavy atom. The van der Waals surface area contributed by atoms with Crippen molar-refractivity contribution in [1.29, 1.82) is 0 Å². The monoisotopic (exact) mass is 492 g/mol. The van der Waals surface area contributed by atoms with Gasteiger partial charge < -0.3 is 19.5 Å². The molecule has 0 saturated carbocycles. The van der Waals surface area contributed by atoms with Crippen LogP contribution in [-0.4, -0.2) is 37.5 Å². The lowest BCUT2D eigenvalue weighted by Gasteiger charge is -2.36. The lowest BCUT2D eigenvalue weighted by atomic mass is 9.71. The van der Waals surface area contributed by atoms with Gasteiger partial charge in [-0.2, -0.15) is 0 Å². The van der Waals surface area contributed by atoms with E-state index in [0.717, 1.165) is 11.3 Å². The number of hydrogen-bond donors (Lipinski definition) is 1. The number of dihydropyridines is 1. The van der Waals surface area contributed by atoms with E-state index < -0.39 is 16.8 Å². The second kappa shape index (κ2) is 10.2. The van der Waals surface area contributed by atoms with E-state index in [1.54, 1.807) is 40.2 Å². The Hall–Kier alpha value is -4.14. The van der Waals surface area contributed by atoms with Crippen molar-refractivity contribution in [2.24, 2.45) is 0 Å². The summed E-state index contributed by atoms with van der Waals surface area (Å²) in [7, 11) is 3.14. The average Bonchev–Trinajstić information content (AvgIpc) is 2.87. The van der Waals surface area contributed by atoms with Crippen LogP contribution in [0.15, 0.2) is 65.0 Å². The summed E-state index contributed by atoms with van der Waals surface area (Å²) < 4.78 is 16.1. The molecule has 0 saturated heterocycles. The molecule has 1 N–H and O–H groups in total. The van der Waals surface area contributed by atoms with Crippen LogP contribution >= 0.6 is 0 Å².